The summed E-state index contributed by atoms with van der Waals surface area (Å²) in [4.78, 5) is 0. The van der Waals surface area contributed by atoms with E-state index >= 15 is 0 Å². The SMILES string of the molecule is CC(C)(CBr)COC1CC2CCC1(C)C2(C)C. The molecule has 0 heterocycles. The topological polar surface area (TPSA) is 9.23 Å². The molecular weight excluding hydrogens is 276 g/mol. The van der Waals surface area contributed by atoms with Gasteiger partial charge < -0.3 is 4.74 Å². The number of rotatable bonds is 4. The van der Waals surface area contributed by atoms with Crippen molar-refractivity contribution in [1.29, 1.82) is 0 Å². The van der Waals surface area contributed by atoms with Crippen LogP contribution in [0.5, 0.6) is 0 Å². The van der Waals surface area contributed by atoms with Gasteiger partial charge in [0, 0.05) is 5.33 Å². The predicted octanol–water partition coefficient (Wildman–Crippen LogP) is 4.64. The van der Waals surface area contributed by atoms with Crippen molar-refractivity contribution >= 4 is 15.9 Å². The Morgan fingerprint density at radius 2 is 1.94 bits per heavy atom. The molecular formula is C15H27BrO. The molecule has 2 aliphatic carbocycles. The molecule has 100 valence electrons. The lowest BCUT2D eigenvalue weighted by atomic mass is 9.70. The maximum atomic E-state index is 6.30. The Morgan fingerprint density at radius 3 is 2.35 bits per heavy atom. The van der Waals surface area contributed by atoms with Crippen LogP contribution in [0.4, 0.5) is 0 Å². The molecule has 0 spiro atoms. The standard InChI is InChI=1S/C15H27BrO/c1-13(2,9-16)10-17-12-8-11-6-7-15(12,5)14(11,3)4/h11-12H,6-10H2,1-5H3. The summed E-state index contributed by atoms with van der Waals surface area (Å²) in [5.41, 5.74) is 1.12. The fourth-order valence-electron chi connectivity index (χ4n) is 3.75. The van der Waals surface area contributed by atoms with Crippen molar-refractivity contribution < 1.29 is 4.74 Å². The molecule has 2 aliphatic rings. The number of fused-ring (bicyclic) bond motifs is 2. The van der Waals surface area contributed by atoms with Crippen LogP contribution in [0.3, 0.4) is 0 Å². The van der Waals surface area contributed by atoms with Crippen LogP contribution in [0.15, 0.2) is 0 Å². The van der Waals surface area contributed by atoms with Gasteiger partial charge in [0.2, 0.25) is 0 Å². The minimum atomic E-state index is 0.252. The third-order valence-electron chi connectivity index (χ3n) is 5.75. The second-order valence-electron chi connectivity index (χ2n) is 7.71. The van der Waals surface area contributed by atoms with Crippen LogP contribution >= 0.6 is 15.9 Å². The molecule has 0 aromatic heterocycles. The van der Waals surface area contributed by atoms with Gasteiger partial charge in [0.25, 0.3) is 0 Å². The van der Waals surface area contributed by atoms with Gasteiger partial charge in [0.1, 0.15) is 0 Å². The van der Waals surface area contributed by atoms with Gasteiger partial charge in [-0.05, 0) is 41.4 Å². The first-order valence-electron chi connectivity index (χ1n) is 6.90. The van der Waals surface area contributed by atoms with E-state index in [9.17, 15) is 0 Å². The van der Waals surface area contributed by atoms with E-state index in [0.29, 0.717) is 16.9 Å². The zero-order valence-electron chi connectivity index (χ0n) is 12.0. The van der Waals surface area contributed by atoms with E-state index in [1.165, 1.54) is 19.3 Å². The van der Waals surface area contributed by atoms with Crippen LogP contribution in [0.1, 0.15) is 53.9 Å². The van der Waals surface area contributed by atoms with Crippen molar-refractivity contribution in [3.63, 3.8) is 0 Å². The van der Waals surface area contributed by atoms with E-state index in [2.05, 4.69) is 50.5 Å². The van der Waals surface area contributed by atoms with Gasteiger partial charge >= 0.3 is 0 Å². The van der Waals surface area contributed by atoms with E-state index in [4.69, 9.17) is 4.74 Å². The van der Waals surface area contributed by atoms with E-state index in [1.807, 2.05) is 0 Å². The molecule has 0 N–H and O–H groups in total. The minimum absolute atomic E-state index is 0.252. The number of halogens is 1. The zero-order chi connectivity index (χ0) is 12.9. The maximum absolute atomic E-state index is 6.30. The van der Waals surface area contributed by atoms with Gasteiger partial charge in [0.15, 0.2) is 0 Å². The highest BCUT2D eigenvalue weighted by molar-refractivity contribution is 9.09. The monoisotopic (exact) mass is 302 g/mol. The summed E-state index contributed by atoms with van der Waals surface area (Å²) in [6.45, 7) is 12.8. The Hall–Kier alpha value is 0.440. The van der Waals surface area contributed by atoms with Crippen LogP contribution in [0, 0.1) is 22.2 Å². The Kier molecular flexibility index (Phi) is 3.45. The molecule has 0 aromatic rings. The lowest BCUT2D eigenvalue weighted by Gasteiger charge is -2.40. The molecule has 2 bridgehead atoms. The van der Waals surface area contributed by atoms with Crippen LogP contribution in [-0.4, -0.2) is 18.0 Å². The van der Waals surface area contributed by atoms with Crippen molar-refractivity contribution in [2.24, 2.45) is 22.2 Å². The summed E-state index contributed by atoms with van der Waals surface area (Å²) in [5.74, 6) is 0.879. The van der Waals surface area contributed by atoms with Gasteiger partial charge in [-0.3, -0.25) is 0 Å². The Labute approximate surface area is 115 Å². The van der Waals surface area contributed by atoms with Crippen LogP contribution < -0.4 is 0 Å². The quantitative estimate of drug-likeness (QED) is 0.688. The first kappa shape index (κ1) is 13.9. The van der Waals surface area contributed by atoms with Gasteiger partial charge in [0.05, 0.1) is 12.7 Å². The lowest BCUT2D eigenvalue weighted by molar-refractivity contribution is -0.0683. The largest absolute Gasteiger partial charge is 0.377 e. The summed E-state index contributed by atoms with van der Waals surface area (Å²) < 4.78 is 6.30. The summed E-state index contributed by atoms with van der Waals surface area (Å²) >= 11 is 3.58. The average molecular weight is 303 g/mol. The van der Waals surface area contributed by atoms with Crippen molar-refractivity contribution in [2.75, 3.05) is 11.9 Å². The summed E-state index contributed by atoms with van der Waals surface area (Å²) in [5, 5.41) is 1.01. The third kappa shape index (κ3) is 2.10. The molecule has 0 amide bonds. The van der Waals surface area contributed by atoms with Crippen molar-refractivity contribution in [2.45, 2.75) is 60.0 Å². The molecule has 17 heavy (non-hydrogen) atoms. The van der Waals surface area contributed by atoms with E-state index in [-0.39, 0.29) is 5.41 Å². The molecule has 2 fully saturated rings. The lowest BCUT2D eigenvalue weighted by Crippen LogP contribution is -2.39. The minimum Gasteiger partial charge on any atom is -0.377 e. The van der Waals surface area contributed by atoms with Crippen molar-refractivity contribution in [3.05, 3.63) is 0 Å². The molecule has 3 unspecified atom stereocenters. The first-order chi connectivity index (χ1) is 7.73. The highest BCUT2D eigenvalue weighted by atomic mass is 79.9. The summed E-state index contributed by atoms with van der Waals surface area (Å²) in [7, 11) is 0. The fourth-order valence-corrected chi connectivity index (χ4v) is 3.91. The molecule has 2 saturated carbocycles. The molecule has 0 saturated heterocycles. The predicted molar refractivity (Wildman–Crippen MR) is 76.5 cm³/mol. The zero-order valence-corrected chi connectivity index (χ0v) is 13.6. The molecule has 0 radical (unpaired) electrons. The average Bonchev–Trinajstić information content (AvgIpc) is 2.58. The van der Waals surface area contributed by atoms with Crippen molar-refractivity contribution in [1.82, 2.24) is 0 Å². The smallest absolute Gasteiger partial charge is 0.0637 e. The Balaban J connectivity index is 2.01. The van der Waals surface area contributed by atoms with Crippen LogP contribution in [0.2, 0.25) is 0 Å². The molecule has 2 heteroatoms. The third-order valence-corrected chi connectivity index (χ3v) is 7.27. The van der Waals surface area contributed by atoms with Gasteiger partial charge in [-0.1, -0.05) is 50.5 Å². The van der Waals surface area contributed by atoms with Crippen LogP contribution in [-0.2, 0) is 4.74 Å². The Bertz CT molecular complexity index is 297. The van der Waals surface area contributed by atoms with E-state index in [1.54, 1.807) is 0 Å². The maximum Gasteiger partial charge on any atom is 0.0637 e. The van der Waals surface area contributed by atoms with E-state index in [0.717, 1.165) is 17.9 Å². The molecule has 0 aromatic carbocycles. The number of alkyl halides is 1. The second kappa shape index (κ2) is 4.23. The molecule has 2 rings (SSSR count). The van der Waals surface area contributed by atoms with Gasteiger partial charge in [-0.15, -0.1) is 0 Å². The van der Waals surface area contributed by atoms with Crippen LogP contribution in [0.25, 0.3) is 0 Å². The highest BCUT2D eigenvalue weighted by Crippen LogP contribution is 2.66. The Morgan fingerprint density at radius 1 is 1.29 bits per heavy atom. The fraction of sp³-hybridized carbons (Fsp3) is 1.00. The second-order valence-corrected chi connectivity index (χ2v) is 8.27. The molecule has 0 aliphatic heterocycles. The van der Waals surface area contributed by atoms with E-state index < -0.39 is 0 Å². The number of hydrogen-bond acceptors (Lipinski definition) is 1. The number of hydrogen-bond donors (Lipinski definition) is 0. The molecule has 3 atom stereocenters. The van der Waals surface area contributed by atoms with Gasteiger partial charge in [-0.25, -0.2) is 0 Å². The molecule has 1 nitrogen and oxygen atoms in total. The normalized spacial score (nSPS) is 39.9. The van der Waals surface area contributed by atoms with Crippen molar-refractivity contribution in [3.8, 4) is 0 Å². The first-order valence-corrected chi connectivity index (χ1v) is 8.03. The van der Waals surface area contributed by atoms with Gasteiger partial charge in [-0.2, -0.15) is 0 Å². The highest BCUT2D eigenvalue weighted by Gasteiger charge is 2.61. The number of ether oxygens (including phenoxy) is 1. The summed E-state index contributed by atoms with van der Waals surface area (Å²) in [6, 6.07) is 0. The summed E-state index contributed by atoms with van der Waals surface area (Å²) in [6.07, 6.45) is 4.52.